The monoisotopic (exact) mass is 615 g/mol. The second-order valence-electron chi connectivity index (χ2n) is 4.22. The van der Waals surface area contributed by atoms with E-state index in [1.54, 1.807) is 0 Å². The summed E-state index contributed by atoms with van der Waals surface area (Å²) in [5.41, 5.74) is 7.49. The molecule has 0 saturated heterocycles. The van der Waals surface area contributed by atoms with Crippen molar-refractivity contribution in [2.24, 2.45) is 5.92 Å². The van der Waals surface area contributed by atoms with Crippen LogP contribution in [0.5, 0.6) is 0 Å². The Balaban J connectivity index is 3.02. The first kappa shape index (κ1) is 18.2. The Labute approximate surface area is 157 Å². The maximum absolute atomic E-state index is 11.3. The number of aliphatic carboxylic acids is 2. The molecule has 0 fully saturated rings. The fraction of sp³-hybridized carbons (Fsp3) is 0.333. The second-order valence-corrected chi connectivity index (χ2v) is 7.62. The molecule has 1 aromatic carbocycles. The summed E-state index contributed by atoms with van der Waals surface area (Å²) in [6.07, 6.45) is 0.257. The van der Waals surface area contributed by atoms with Crippen LogP contribution in [0.4, 0.5) is 5.69 Å². The van der Waals surface area contributed by atoms with E-state index in [-0.39, 0.29) is 12.8 Å². The molecule has 0 radical (unpaired) electrons. The van der Waals surface area contributed by atoms with Gasteiger partial charge < -0.3 is 15.9 Å². The van der Waals surface area contributed by atoms with Gasteiger partial charge in [-0.2, -0.15) is 0 Å². The van der Waals surface area contributed by atoms with E-state index in [2.05, 4.69) is 67.8 Å². The number of anilines is 1. The van der Waals surface area contributed by atoms with Crippen molar-refractivity contribution >= 4 is 85.4 Å². The smallest absolute Gasteiger partial charge is 0.306 e. The number of rotatable bonds is 6. The highest BCUT2D eigenvalue weighted by molar-refractivity contribution is 14.1. The SMILES string of the molecule is Nc1c(I)cc(I)c(CC(CCC(=O)O)C(=O)O)c1I. The number of halogens is 3. The van der Waals surface area contributed by atoms with Crippen LogP contribution in [-0.2, 0) is 16.0 Å². The van der Waals surface area contributed by atoms with Crippen molar-refractivity contribution in [1.29, 1.82) is 0 Å². The van der Waals surface area contributed by atoms with Gasteiger partial charge >= 0.3 is 11.9 Å². The van der Waals surface area contributed by atoms with E-state index in [1.807, 2.05) is 6.07 Å². The van der Waals surface area contributed by atoms with Gasteiger partial charge in [0, 0.05) is 17.1 Å². The summed E-state index contributed by atoms with van der Waals surface area (Å²) in [5, 5.41) is 17.9. The zero-order valence-corrected chi connectivity index (χ0v) is 16.7. The highest BCUT2D eigenvalue weighted by atomic mass is 127. The van der Waals surface area contributed by atoms with Crippen molar-refractivity contribution in [3.8, 4) is 0 Å². The molecule has 0 aliphatic carbocycles. The topological polar surface area (TPSA) is 101 Å². The molecule has 1 unspecified atom stereocenters. The number of carboxylic acids is 2. The van der Waals surface area contributed by atoms with Crippen molar-refractivity contribution in [2.75, 3.05) is 5.73 Å². The first-order chi connectivity index (χ1) is 9.23. The molecule has 0 spiro atoms. The zero-order chi connectivity index (χ0) is 15.4. The summed E-state index contributed by atoms with van der Waals surface area (Å²) < 4.78 is 2.73. The van der Waals surface area contributed by atoms with E-state index >= 15 is 0 Å². The number of nitrogen functional groups attached to an aromatic ring is 1. The summed E-state index contributed by atoms with van der Waals surface area (Å²) in [6.45, 7) is 0. The van der Waals surface area contributed by atoms with Gasteiger partial charge in [0.15, 0.2) is 0 Å². The molecule has 1 aromatic rings. The lowest BCUT2D eigenvalue weighted by Crippen LogP contribution is -2.19. The molecule has 110 valence electrons. The van der Waals surface area contributed by atoms with Gasteiger partial charge in [0.05, 0.1) is 11.6 Å². The van der Waals surface area contributed by atoms with Crippen molar-refractivity contribution in [2.45, 2.75) is 19.3 Å². The summed E-state index contributed by atoms with van der Waals surface area (Å²) in [6, 6.07) is 1.91. The first-order valence-electron chi connectivity index (χ1n) is 5.60. The number of benzene rings is 1. The van der Waals surface area contributed by atoms with Crippen molar-refractivity contribution in [3.05, 3.63) is 22.3 Å². The Morgan fingerprint density at radius 1 is 1.20 bits per heavy atom. The van der Waals surface area contributed by atoms with Crippen LogP contribution in [-0.4, -0.2) is 22.2 Å². The molecule has 0 saturated carbocycles. The Kier molecular flexibility index (Phi) is 7.24. The van der Waals surface area contributed by atoms with Crippen molar-refractivity contribution < 1.29 is 19.8 Å². The predicted octanol–water partition coefficient (Wildman–Crippen LogP) is 3.19. The Morgan fingerprint density at radius 2 is 1.80 bits per heavy atom. The van der Waals surface area contributed by atoms with Crippen LogP contribution in [0, 0.1) is 16.6 Å². The van der Waals surface area contributed by atoms with Gasteiger partial charge in [-0.3, -0.25) is 9.59 Å². The van der Waals surface area contributed by atoms with Gasteiger partial charge in [-0.25, -0.2) is 0 Å². The molecule has 1 atom stereocenters. The van der Waals surface area contributed by atoms with Gasteiger partial charge in [0.1, 0.15) is 0 Å². The molecule has 4 N–H and O–H groups in total. The number of carboxylic acid groups (broad SMARTS) is 2. The Bertz CT molecular complexity index is 548. The van der Waals surface area contributed by atoms with Gasteiger partial charge in [-0.1, -0.05) is 0 Å². The number of nitrogens with two attached hydrogens (primary N) is 1. The summed E-state index contributed by atoms with van der Waals surface area (Å²) in [7, 11) is 0. The molecule has 0 aliphatic rings. The van der Waals surface area contributed by atoms with E-state index < -0.39 is 17.9 Å². The third-order valence-electron chi connectivity index (χ3n) is 2.81. The van der Waals surface area contributed by atoms with Crippen molar-refractivity contribution in [1.82, 2.24) is 0 Å². The number of hydrogen-bond acceptors (Lipinski definition) is 3. The standard InChI is InChI=1S/C12H12I3NO4/c13-7-4-8(14)11(16)10(15)6(7)3-5(12(19)20)1-2-9(17)18/h4-5H,1-3,16H2,(H,17,18)(H,19,20). The molecule has 1 rings (SSSR count). The van der Waals surface area contributed by atoms with Crippen LogP contribution >= 0.6 is 67.8 Å². The normalized spacial score (nSPS) is 12.2. The number of carbonyl (C=O) groups is 2. The molecule has 0 aromatic heterocycles. The van der Waals surface area contributed by atoms with Gasteiger partial charge in [0.2, 0.25) is 0 Å². The molecule has 8 heteroatoms. The molecule has 20 heavy (non-hydrogen) atoms. The van der Waals surface area contributed by atoms with Crippen LogP contribution in [0.25, 0.3) is 0 Å². The third kappa shape index (κ3) is 4.86. The molecular weight excluding hydrogens is 603 g/mol. The minimum Gasteiger partial charge on any atom is -0.481 e. The molecule has 0 amide bonds. The van der Waals surface area contributed by atoms with Crippen LogP contribution < -0.4 is 5.73 Å². The lowest BCUT2D eigenvalue weighted by Gasteiger charge is -2.16. The average molecular weight is 615 g/mol. The fourth-order valence-electron chi connectivity index (χ4n) is 1.69. The molecule has 0 heterocycles. The summed E-state index contributed by atoms with van der Waals surface area (Å²) in [5.74, 6) is -2.68. The van der Waals surface area contributed by atoms with E-state index in [0.29, 0.717) is 12.1 Å². The Hall–Kier alpha value is 0.150. The molecule has 0 bridgehead atoms. The zero-order valence-electron chi connectivity index (χ0n) is 10.2. The average Bonchev–Trinajstić information content (AvgIpc) is 2.34. The lowest BCUT2D eigenvalue weighted by molar-refractivity contribution is -0.142. The second kappa shape index (κ2) is 7.96. The Morgan fingerprint density at radius 3 is 2.30 bits per heavy atom. The summed E-state index contributed by atoms with van der Waals surface area (Å²) >= 11 is 6.40. The maximum atomic E-state index is 11.3. The van der Waals surface area contributed by atoms with Gasteiger partial charge in [0.25, 0.3) is 0 Å². The molecule has 0 aliphatic heterocycles. The van der Waals surface area contributed by atoms with E-state index in [0.717, 1.165) is 16.3 Å². The number of hydrogen-bond donors (Lipinski definition) is 3. The van der Waals surface area contributed by atoms with Crippen LogP contribution in [0.2, 0.25) is 0 Å². The minimum absolute atomic E-state index is 0.114. The molecule has 5 nitrogen and oxygen atoms in total. The quantitative estimate of drug-likeness (QED) is 0.338. The minimum atomic E-state index is -0.984. The first-order valence-corrected chi connectivity index (χ1v) is 8.84. The lowest BCUT2D eigenvalue weighted by atomic mass is 9.94. The highest BCUT2D eigenvalue weighted by Gasteiger charge is 2.23. The fourth-order valence-corrected chi connectivity index (χ4v) is 5.50. The van der Waals surface area contributed by atoms with Crippen LogP contribution in [0.15, 0.2) is 6.07 Å². The van der Waals surface area contributed by atoms with Gasteiger partial charge in [-0.15, -0.1) is 0 Å². The highest BCUT2D eigenvalue weighted by Crippen LogP contribution is 2.31. The van der Waals surface area contributed by atoms with Gasteiger partial charge in [-0.05, 0) is 92.2 Å². The van der Waals surface area contributed by atoms with Crippen molar-refractivity contribution in [3.63, 3.8) is 0 Å². The third-order valence-corrected chi connectivity index (χ3v) is 5.89. The largest absolute Gasteiger partial charge is 0.481 e. The van der Waals surface area contributed by atoms with E-state index in [4.69, 9.17) is 10.8 Å². The van der Waals surface area contributed by atoms with Crippen LogP contribution in [0.1, 0.15) is 18.4 Å². The maximum Gasteiger partial charge on any atom is 0.306 e. The summed E-state index contributed by atoms with van der Waals surface area (Å²) in [4.78, 5) is 21.9. The molecular formula is C12H12I3NO4. The predicted molar refractivity (Wildman–Crippen MR) is 101 cm³/mol. The van der Waals surface area contributed by atoms with Crippen LogP contribution in [0.3, 0.4) is 0 Å². The van der Waals surface area contributed by atoms with E-state index in [9.17, 15) is 14.7 Å². The van der Waals surface area contributed by atoms with E-state index in [1.165, 1.54) is 0 Å².